The number of anilines is 1. The first-order chi connectivity index (χ1) is 10.8. The van der Waals surface area contributed by atoms with Gasteiger partial charge in [-0.2, -0.15) is 5.11 Å². The van der Waals surface area contributed by atoms with E-state index in [2.05, 4.69) is 10.2 Å². The zero-order chi connectivity index (χ0) is 15.4. The van der Waals surface area contributed by atoms with Crippen LogP contribution in [-0.4, -0.2) is 6.61 Å². The summed E-state index contributed by atoms with van der Waals surface area (Å²) >= 11 is 0. The third-order valence-electron chi connectivity index (χ3n) is 3.34. The Hall–Kier alpha value is -2.88. The lowest BCUT2D eigenvalue weighted by Gasteiger charge is -2.12. The summed E-state index contributed by atoms with van der Waals surface area (Å²) in [4.78, 5) is 0. The molecule has 4 heteroatoms. The van der Waals surface area contributed by atoms with Crippen LogP contribution in [0.15, 0.2) is 70.9 Å². The Morgan fingerprint density at radius 1 is 0.955 bits per heavy atom. The van der Waals surface area contributed by atoms with Gasteiger partial charge < -0.3 is 10.5 Å². The topological polar surface area (TPSA) is 60.0 Å². The van der Waals surface area contributed by atoms with Crippen molar-refractivity contribution in [2.75, 3.05) is 12.3 Å². The van der Waals surface area contributed by atoms with Crippen LogP contribution in [0.1, 0.15) is 6.92 Å². The fourth-order valence-corrected chi connectivity index (χ4v) is 2.32. The Balaban J connectivity index is 2.11. The molecule has 3 aromatic rings. The van der Waals surface area contributed by atoms with Crippen molar-refractivity contribution in [3.05, 3.63) is 60.7 Å². The molecule has 22 heavy (non-hydrogen) atoms. The second-order valence-corrected chi connectivity index (χ2v) is 4.83. The third kappa shape index (κ3) is 2.76. The maximum Gasteiger partial charge on any atom is 0.170 e. The highest BCUT2D eigenvalue weighted by molar-refractivity contribution is 5.99. The van der Waals surface area contributed by atoms with Crippen LogP contribution in [0.2, 0.25) is 0 Å². The van der Waals surface area contributed by atoms with E-state index in [-0.39, 0.29) is 0 Å². The Bertz CT molecular complexity index is 813. The highest BCUT2D eigenvalue weighted by Gasteiger charge is 2.12. The van der Waals surface area contributed by atoms with Crippen molar-refractivity contribution in [1.29, 1.82) is 0 Å². The van der Waals surface area contributed by atoms with Gasteiger partial charge in [0.25, 0.3) is 0 Å². The maximum absolute atomic E-state index is 6.25. The lowest BCUT2D eigenvalue weighted by atomic mass is 10.1. The van der Waals surface area contributed by atoms with E-state index in [9.17, 15) is 0 Å². The number of ether oxygens (including phenoxy) is 1. The van der Waals surface area contributed by atoms with Crippen LogP contribution in [0.4, 0.5) is 17.1 Å². The Labute approximate surface area is 129 Å². The lowest BCUT2D eigenvalue weighted by molar-refractivity contribution is 0.343. The molecule has 0 saturated carbocycles. The van der Waals surface area contributed by atoms with Crippen LogP contribution in [-0.2, 0) is 0 Å². The molecule has 0 heterocycles. The molecule has 0 bridgehead atoms. The van der Waals surface area contributed by atoms with Gasteiger partial charge in [0, 0.05) is 5.39 Å². The van der Waals surface area contributed by atoms with Crippen molar-refractivity contribution >= 4 is 27.8 Å². The van der Waals surface area contributed by atoms with Crippen LogP contribution in [0.25, 0.3) is 10.8 Å². The number of hydrogen-bond acceptors (Lipinski definition) is 4. The summed E-state index contributed by atoms with van der Waals surface area (Å²) in [6.07, 6.45) is 0. The average molecular weight is 291 g/mol. The summed E-state index contributed by atoms with van der Waals surface area (Å²) in [5.74, 6) is 0.584. The van der Waals surface area contributed by atoms with E-state index >= 15 is 0 Å². The Morgan fingerprint density at radius 2 is 1.68 bits per heavy atom. The molecule has 0 aliphatic carbocycles. The van der Waals surface area contributed by atoms with Crippen molar-refractivity contribution in [3.63, 3.8) is 0 Å². The van der Waals surface area contributed by atoms with Crippen molar-refractivity contribution < 1.29 is 4.74 Å². The number of benzene rings is 3. The molecule has 0 atom stereocenters. The molecule has 4 nitrogen and oxygen atoms in total. The Kier molecular flexibility index (Phi) is 4.01. The van der Waals surface area contributed by atoms with Gasteiger partial charge in [0.1, 0.15) is 5.69 Å². The Morgan fingerprint density at radius 3 is 2.45 bits per heavy atom. The second-order valence-electron chi connectivity index (χ2n) is 4.83. The molecule has 0 aromatic heterocycles. The number of nitrogens with zero attached hydrogens (tertiary/aromatic N) is 2. The SMILES string of the molecule is CCOc1c(/N=N/c2ccccc2)cc2ccccc2c1N. The van der Waals surface area contributed by atoms with E-state index in [1.807, 2.05) is 67.6 Å². The first-order valence-electron chi connectivity index (χ1n) is 7.20. The zero-order valence-corrected chi connectivity index (χ0v) is 12.4. The number of fused-ring (bicyclic) bond motifs is 1. The van der Waals surface area contributed by atoms with E-state index in [1.54, 1.807) is 0 Å². The monoisotopic (exact) mass is 291 g/mol. The molecule has 3 rings (SSSR count). The standard InChI is InChI=1S/C18H17N3O/c1-2-22-18-16(21-20-14-9-4-3-5-10-14)12-13-8-6-7-11-15(13)17(18)19/h3-12H,2,19H2,1H3/b21-20+. The van der Waals surface area contributed by atoms with E-state index in [1.165, 1.54) is 0 Å². The molecular formula is C18H17N3O. The van der Waals surface area contributed by atoms with Gasteiger partial charge in [-0.25, -0.2) is 0 Å². The highest BCUT2D eigenvalue weighted by Crippen LogP contribution is 2.40. The lowest BCUT2D eigenvalue weighted by Crippen LogP contribution is -1.98. The van der Waals surface area contributed by atoms with Crippen LogP contribution in [0, 0.1) is 0 Å². The average Bonchev–Trinajstić information content (AvgIpc) is 2.57. The summed E-state index contributed by atoms with van der Waals surface area (Å²) in [5.41, 5.74) is 8.28. The minimum absolute atomic E-state index is 0.524. The fourth-order valence-electron chi connectivity index (χ4n) is 2.32. The fraction of sp³-hybridized carbons (Fsp3) is 0.111. The highest BCUT2D eigenvalue weighted by atomic mass is 16.5. The minimum atomic E-state index is 0.524. The van der Waals surface area contributed by atoms with Crippen LogP contribution in [0.3, 0.4) is 0 Å². The molecule has 110 valence electrons. The van der Waals surface area contributed by atoms with Gasteiger partial charge in [-0.3, -0.25) is 0 Å². The second kappa shape index (κ2) is 6.26. The number of hydrogen-bond donors (Lipinski definition) is 1. The van der Waals surface area contributed by atoms with Gasteiger partial charge in [-0.05, 0) is 30.5 Å². The molecule has 0 saturated heterocycles. The molecule has 0 unspecified atom stereocenters. The normalized spacial score (nSPS) is 11.1. The molecule has 2 N–H and O–H groups in total. The predicted molar refractivity (Wildman–Crippen MR) is 90.1 cm³/mol. The first-order valence-corrected chi connectivity index (χ1v) is 7.20. The zero-order valence-electron chi connectivity index (χ0n) is 12.4. The summed E-state index contributed by atoms with van der Waals surface area (Å²) in [7, 11) is 0. The largest absolute Gasteiger partial charge is 0.489 e. The number of nitrogen functional groups attached to an aromatic ring is 1. The maximum atomic E-state index is 6.25. The first kappa shape index (κ1) is 14.1. The molecule has 0 aliphatic rings. The minimum Gasteiger partial charge on any atom is -0.489 e. The molecule has 0 amide bonds. The van der Waals surface area contributed by atoms with Crippen LogP contribution >= 0.6 is 0 Å². The molecule has 0 aliphatic heterocycles. The number of nitrogens with two attached hydrogens (primary N) is 1. The summed E-state index contributed by atoms with van der Waals surface area (Å²) in [6, 6.07) is 19.4. The van der Waals surface area contributed by atoms with Gasteiger partial charge in [0.15, 0.2) is 5.75 Å². The quantitative estimate of drug-likeness (QED) is 0.528. The van der Waals surface area contributed by atoms with E-state index in [0.29, 0.717) is 23.7 Å². The third-order valence-corrected chi connectivity index (χ3v) is 3.34. The van der Waals surface area contributed by atoms with E-state index in [4.69, 9.17) is 10.5 Å². The summed E-state index contributed by atoms with van der Waals surface area (Å²) in [6.45, 7) is 2.45. The van der Waals surface area contributed by atoms with Gasteiger partial charge in [0.2, 0.25) is 0 Å². The van der Waals surface area contributed by atoms with Gasteiger partial charge in [-0.1, -0.05) is 42.5 Å². The van der Waals surface area contributed by atoms with Gasteiger partial charge in [0.05, 0.1) is 18.0 Å². The number of azo groups is 1. The van der Waals surface area contributed by atoms with Crippen LogP contribution in [0.5, 0.6) is 5.75 Å². The molecule has 0 fully saturated rings. The predicted octanol–water partition coefficient (Wildman–Crippen LogP) is 5.24. The van der Waals surface area contributed by atoms with Crippen molar-refractivity contribution in [2.45, 2.75) is 6.92 Å². The van der Waals surface area contributed by atoms with E-state index in [0.717, 1.165) is 16.5 Å². The van der Waals surface area contributed by atoms with Crippen molar-refractivity contribution in [1.82, 2.24) is 0 Å². The van der Waals surface area contributed by atoms with Gasteiger partial charge >= 0.3 is 0 Å². The molecule has 0 radical (unpaired) electrons. The van der Waals surface area contributed by atoms with E-state index < -0.39 is 0 Å². The molecular weight excluding hydrogens is 274 g/mol. The smallest absolute Gasteiger partial charge is 0.170 e. The van der Waals surface area contributed by atoms with Crippen molar-refractivity contribution in [3.8, 4) is 5.75 Å². The molecule has 3 aromatic carbocycles. The summed E-state index contributed by atoms with van der Waals surface area (Å²) < 4.78 is 5.69. The van der Waals surface area contributed by atoms with Crippen LogP contribution < -0.4 is 10.5 Å². The van der Waals surface area contributed by atoms with Gasteiger partial charge in [-0.15, -0.1) is 5.11 Å². The number of rotatable bonds is 4. The molecule has 0 spiro atoms. The van der Waals surface area contributed by atoms with Crippen molar-refractivity contribution in [2.24, 2.45) is 10.2 Å². The summed E-state index contributed by atoms with van der Waals surface area (Å²) in [5, 5.41) is 10.6.